The van der Waals surface area contributed by atoms with E-state index in [-0.39, 0.29) is 18.4 Å². The highest BCUT2D eigenvalue weighted by atomic mass is 16.5. The number of carbonyl (C=O) groups is 3. The van der Waals surface area contributed by atoms with Crippen molar-refractivity contribution in [3.05, 3.63) is 30.3 Å². The number of hydrogen-bond acceptors (Lipinski definition) is 6. The molecule has 10 nitrogen and oxygen atoms in total. The molecule has 2 heterocycles. The number of amides is 3. The van der Waals surface area contributed by atoms with Gasteiger partial charge in [-0.05, 0) is 24.5 Å². The average Bonchev–Trinajstić information content (AvgIpc) is 2.77. The molecule has 2 saturated heterocycles. The molecule has 2 aliphatic heterocycles. The second-order valence-corrected chi connectivity index (χ2v) is 7.40. The molecule has 0 aliphatic carbocycles. The normalized spacial score (nSPS) is 24.7. The van der Waals surface area contributed by atoms with Crippen LogP contribution >= 0.6 is 0 Å². The van der Waals surface area contributed by atoms with Crippen molar-refractivity contribution >= 4 is 23.6 Å². The second-order valence-electron chi connectivity index (χ2n) is 7.40. The molecular weight excluding hydrogens is 378 g/mol. The van der Waals surface area contributed by atoms with Crippen LogP contribution in [0.15, 0.2) is 30.3 Å². The third-order valence-electron chi connectivity index (χ3n) is 5.58. The second kappa shape index (κ2) is 9.57. The maximum Gasteiger partial charge on any atom is 0.404 e. The van der Waals surface area contributed by atoms with Gasteiger partial charge in [-0.25, -0.2) is 10.3 Å². The van der Waals surface area contributed by atoms with E-state index in [2.05, 4.69) is 15.5 Å². The van der Waals surface area contributed by atoms with Crippen LogP contribution in [0.5, 0.6) is 0 Å². The number of hydroxylamine groups is 1. The molecule has 10 heteroatoms. The van der Waals surface area contributed by atoms with Gasteiger partial charge in [0.05, 0.1) is 12.0 Å². The predicted octanol–water partition coefficient (Wildman–Crippen LogP) is -0.297. The van der Waals surface area contributed by atoms with Crippen LogP contribution in [-0.4, -0.2) is 78.4 Å². The summed E-state index contributed by atoms with van der Waals surface area (Å²) in [4.78, 5) is 39.9. The maximum atomic E-state index is 13.1. The summed E-state index contributed by atoms with van der Waals surface area (Å²) < 4.78 is 0. The molecule has 1 aromatic carbocycles. The number of hydrogen-bond donors (Lipinski definition) is 5. The molecule has 0 aromatic heterocycles. The van der Waals surface area contributed by atoms with Gasteiger partial charge in [0.15, 0.2) is 0 Å². The fourth-order valence-electron chi connectivity index (χ4n) is 4.02. The molecule has 0 saturated carbocycles. The van der Waals surface area contributed by atoms with Gasteiger partial charge in [-0.1, -0.05) is 18.2 Å². The van der Waals surface area contributed by atoms with Crippen LogP contribution in [0.4, 0.5) is 10.5 Å². The van der Waals surface area contributed by atoms with Gasteiger partial charge in [0.1, 0.15) is 0 Å². The molecule has 0 spiro atoms. The molecule has 1 unspecified atom stereocenters. The zero-order chi connectivity index (χ0) is 20.8. The molecule has 2 aliphatic rings. The Kier molecular flexibility index (Phi) is 6.89. The highest BCUT2D eigenvalue weighted by Crippen LogP contribution is 2.24. The topological polar surface area (TPSA) is 134 Å². The number of nitrogens with one attached hydrogen (secondary N) is 3. The third kappa shape index (κ3) is 5.15. The van der Waals surface area contributed by atoms with Crippen molar-refractivity contribution in [1.82, 2.24) is 21.0 Å². The van der Waals surface area contributed by atoms with Gasteiger partial charge >= 0.3 is 6.09 Å². The van der Waals surface area contributed by atoms with Gasteiger partial charge in [-0.2, -0.15) is 0 Å². The molecule has 2 fully saturated rings. The average molecular weight is 405 g/mol. The summed E-state index contributed by atoms with van der Waals surface area (Å²) in [5.74, 6) is -1.73. The zero-order valence-corrected chi connectivity index (χ0v) is 16.1. The first-order valence-corrected chi connectivity index (χ1v) is 9.72. The number of benzene rings is 1. The lowest BCUT2D eigenvalue weighted by molar-refractivity contribution is -0.144. The van der Waals surface area contributed by atoms with Crippen molar-refractivity contribution in [3.63, 3.8) is 0 Å². The smallest absolute Gasteiger partial charge is 0.404 e. The molecule has 0 radical (unpaired) electrons. The zero-order valence-electron chi connectivity index (χ0n) is 16.1. The minimum Gasteiger partial charge on any atom is -0.465 e. The van der Waals surface area contributed by atoms with Crippen molar-refractivity contribution in [2.24, 2.45) is 11.8 Å². The van der Waals surface area contributed by atoms with Crippen LogP contribution < -0.4 is 21.0 Å². The van der Waals surface area contributed by atoms with Gasteiger partial charge in [0.25, 0.3) is 0 Å². The van der Waals surface area contributed by atoms with Crippen LogP contribution in [0.2, 0.25) is 0 Å². The van der Waals surface area contributed by atoms with E-state index in [9.17, 15) is 14.4 Å². The van der Waals surface area contributed by atoms with Gasteiger partial charge in [0, 0.05) is 45.0 Å². The Bertz CT molecular complexity index is 723. The standard InChI is InChI=1S/C19H27N5O5/c25-17(22-29)15-10-13(12-21-19(27)28)11-20-16(15)18(26)24-8-6-23(7-9-24)14-4-2-1-3-5-14/h1-5,13,15-16,20-21,29H,6-12H2,(H,22,25)(H,27,28)/t13?,15-,16-/m0/s1. The summed E-state index contributed by atoms with van der Waals surface area (Å²) in [7, 11) is 0. The lowest BCUT2D eigenvalue weighted by atomic mass is 9.83. The van der Waals surface area contributed by atoms with Crippen LogP contribution in [0, 0.1) is 11.8 Å². The first-order valence-electron chi connectivity index (χ1n) is 9.72. The first kappa shape index (κ1) is 20.9. The Balaban J connectivity index is 1.60. The number of carbonyl (C=O) groups excluding carboxylic acids is 2. The maximum absolute atomic E-state index is 13.1. The highest BCUT2D eigenvalue weighted by molar-refractivity contribution is 5.90. The summed E-state index contributed by atoms with van der Waals surface area (Å²) in [6.45, 7) is 3.08. The Morgan fingerprint density at radius 1 is 1.10 bits per heavy atom. The SMILES string of the molecule is O=C(O)NCC1CN[C@H](C(=O)N2CCN(c3ccccc3)CC2)[C@@H](C(=O)NO)C1. The van der Waals surface area contributed by atoms with Crippen molar-refractivity contribution < 1.29 is 24.7 Å². The highest BCUT2D eigenvalue weighted by Gasteiger charge is 2.41. The van der Waals surface area contributed by atoms with E-state index < -0.39 is 24.0 Å². The quantitative estimate of drug-likeness (QED) is 0.335. The lowest BCUT2D eigenvalue weighted by Crippen LogP contribution is -2.61. The van der Waals surface area contributed by atoms with Crippen molar-refractivity contribution in [3.8, 4) is 0 Å². The number of piperazine rings is 1. The van der Waals surface area contributed by atoms with Gasteiger partial charge in [-0.3, -0.25) is 14.8 Å². The minimum atomic E-state index is -1.14. The molecule has 3 rings (SSSR count). The fourth-order valence-corrected chi connectivity index (χ4v) is 4.02. The van der Waals surface area contributed by atoms with E-state index in [1.165, 1.54) is 0 Å². The van der Waals surface area contributed by atoms with E-state index in [1.807, 2.05) is 30.3 Å². The number of rotatable bonds is 5. The molecule has 3 atom stereocenters. The van der Waals surface area contributed by atoms with Gasteiger partial charge in [-0.15, -0.1) is 0 Å². The van der Waals surface area contributed by atoms with E-state index in [4.69, 9.17) is 10.3 Å². The number of piperidine rings is 1. The summed E-state index contributed by atoms with van der Waals surface area (Å²) >= 11 is 0. The number of anilines is 1. The monoisotopic (exact) mass is 405 g/mol. The Morgan fingerprint density at radius 2 is 1.79 bits per heavy atom. The predicted molar refractivity (Wildman–Crippen MR) is 105 cm³/mol. The number of carboxylic acid groups (broad SMARTS) is 1. The Labute approximate surface area is 168 Å². The lowest BCUT2D eigenvalue weighted by Gasteiger charge is -2.41. The summed E-state index contributed by atoms with van der Waals surface area (Å²) in [5.41, 5.74) is 2.75. The summed E-state index contributed by atoms with van der Waals surface area (Å²) in [6, 6.07) is 9.24. The van der Waals surface area contributed by atoms with E-state index in [0.29, 0.717) is 39.1 Å². The van der Waals surface area contributed by atoms with Gasteiger partial charge in [0.2, 0.25) is 11.8 Å². The van der Waals surface area contributed by atoms with Gasteiger partial charge < -0.3 is 25.5 Å². The van der Waals surface area contributed by atoms with Crippen LogP contribution in [0.25, 0.3) is 0 Å². The van der Waals surface area contributed by atoms with Crippen molar-refractivity contribution in [1.29, 1.82) is 0 Å². The number of para-hydroxylation sites is 1. The molecular formula is C19H27N5O5. The Morgan fingerprint density at radius 3 is 2.41 bits per heavy atom. The first-order chi connectivity index (χ1) is 14.0. The molecule has 1 aromatic rings. The Hall–Kier alpha value is -2.85. The minimum absolute atomic E-state index is 0.146. The molecule has 5 N–H and O–H groups in total. The molecule has 3 amide bonds. The summed E-state index contributed by atoms with van der Waals surface area (Å²) in [5, 5.41) is 23.2. The van der Waals surface area contributed by atoms with E-state index in [1.54, 1.807) is 10.4 Å². The van der Waals surface area contributed by atoms with Crippen molar-refractivity contribution in [2.45, 2.75) is 12.5 Å². The summed E-state index contributed by atoms with van der Waals surface area (Å²) in [6.07, 6.45) is -0.831. The molecule has 29 heavy (non-hydrogen) atoms. The molecule has 158 valence electrons. The van der Waals surface area contributed by atoms with E-state index >= 15 is 0 Å². The van der Waals surface area contributed by atoms with Crippen LogP contribution in [-0.2, 0) is 9.59 Å². The van der Waals surface area contributed by atoms with Crippen molar-refractivity contribution in [2.75, 3.05) is 44.2 Å². The molecule has 0 bridgehead atoms. The largest absolute Gasteiger partial charge is 0.465 e. The van der Waals surface area contributed by atoms with E-state index in [0.717, 1.165) is 5.69 Å². The number of nitrogens with zero attached hydrogens (tertiary/aromatic N) is 2. The van der Waals surface area contributed by atoms with Crippen LogP contribution in [0.3, 0.4) is 0 Å². The third-order valence-corrected chi connectivity index (χ3v) is 5.58. The van der Waals surface area contributed by atoms with Crippen LogP contribution in [0.1, 0.15) is 6.42 Å². The fraction of sp³-hybridized carbons (Fsp3) is 0.526.